The van der Waals surface area contributed by atoms with E-state index in [1.807, 2.05) is 0 Å². The Morgan fingerprint density at radius 2 is 0.854 bits per heavy atom. The number of aliphatic hydroxyl groups is 1. The number of rotatable bonds is 20. The third-order valence-electron chi connectivity index (χ3n) is 5.27. The predicted octanol–water partition coefficient (Wildman–Crippen LogP) is 2.17. The Labute approximate surface area is 240 Å². The SMILES string of the molecule is C=CC(=O)OCC(COCC(CO)(COC(=O)C(=C)C)COC(=O)C(=C)C)(COC(=O)C(=C)C)COC(=O)C(=C)C. The molecule has 0 atom stereocenters. The number of carbonyl (C=O) groups is 5. The lowest BCUT2D eigenvalue weighted by Gasteiger charge is -2.35. The van der Waals surface area contributed by atoms with Gasteiger partial charge in [0.15, 0.2) is 0 Å². The lowest BCUT2D eigenvalue weighted by Crippen LogP contribution is -2.46. The molecule has 0 fully saturated rings. The van der Waals surface area contributed by atoms with Crippen molar-refractivity contribution < 1.29 is 57.5 Å². The van der Waals surface area contributed by atoms with E-state index in [0.29, 0.717) is 0 Å². The number of hydrogen-bond acceptors (Lipinski definition) is 12. The monoisotopic (exact) mass is 580 g/mol. The van der Waals surface area contributed by atoms with Crippen LogP contribution in [0.2, 0.25) is 0 Å². The largest absolute Gasteiger partial charge is 0.462 e. The number of aliphatic hydroxyl groups excluding tert-OH is 1. The number of carbonyl (C=O) groups excluding carboxylic acids is 5. The quantitative estimate of drug-likeness (QED) is 0.127. The fourth-order valence-corrected chi connectivity index (χ4v) is 2.65. The first-order valence-corrected chi connectivity index (χ1v) is 12.3. The molecule has 0 saturated heterocycles. The van der Waals surface area contributed by atoms with Crippen LogP contribution < -0.4 is 0 Å². The average Bonchev–Trinajstić information content (AvgIpc) is 2.93. The Bertz CT molecular complexity index is 992. The van der Waals surface area contributed by atoms with Crippen LogP contribution in [-0.4, -0.2) is 87.8 Å². The van der Waals surface area contributed by atoms with E-state index in [1.54, 1.807) is 0 Å². The van der Waals surface area contributed by atoms with E-state index in [4.69, 9.17) is 28.4 Å². The van der Waals surface area contributed by atoms with Gasteiger partial charge in [0.2, 0.25) is 0 Å². The second kappa shape index (κ2) is 17.6. The molecule has 41 heavy (non-hydrogen) atoms. The smallest absolute Gasteiger partial charge is 0.333 e. The van der Waals surface area contributed by atoms with Crippen molar-refractivity contribution in [3.63, 3.8) is 0 Å². The molecular formula is C29H40O12. The van der Waals surface area contributed by atoms with E-state index in [-0.39, 0.29) is 35.5 Å². The molecule has 0 rings (SSSR count). The second-order valence-corrected chi connectivity index (χ2v) is 9.89. The second-order valence-electron chi connectivity index (χ2n) is 9.89. The molecule has 0 aliphatic heterocycles. The van der Waals surface area contributed by atoms with E-state index in [0.717, 1.165) is 6.08 Å². The van der Waals surface area contributed by atoms with Crippen LogP contribution in [0.25, 0.3) is 0 Å². The van der Waals surface area contributed by atoms with Crippen LogP contribution in [0.15, 0.2) is 61.3 Å². The highest BCUT2D eigenvalue weighted by Gasteiger charge is 2.40. The fourth-order valence-electron chi connectivity index (χ4n) is 2.65. The van der Waals surface area contributed by atoms with Gasteiger partial charge in [0.05, 0.1) is 30.7 Å². The molecule has 0 aliphatic carbocycles. The highest BCUT2D eigenvalue weighted by Crippen LogP contribution is 2.26. The van der Waals surface area contributed by atoms with Crippen molar-refractivity contribution in [2.45, 2.75) is 27.7 Å². The van der Waals surface area contributed by atoms with Gasteiger partial charge in [-0.3, -0.25) is 0 Å². The molecule has 0 aromatic rings. The average molecular weight is 581 g/mol. The molecule has 0 bridgehead atoms. The van der Waals surface area contributed by atoms with E-state index >= 15 is 0 Å². The van der Waals surface area contributed by atoms with Crippen LogP contribution in [-0.2, 0) is 52.4 Å². The Morgan fingerprint density at radius 3 is 1.15 bits per heavy atom. The molecule has 0 amide bonds. The van der Waals surface area contributed by atoms with Crippen molar-refractivity contribution in [2.24, 2.45) is 10.8 Å². The zero-order chi connectivity index (χ0) is 31.8. The Morgan fingerprint density at radius 1 is 0.561 bits per heavy atom. The molecule has 12 nitrogen and oxygen atoms in total. The zero-order valence-electron chi connectivity index (χ0n) is 24.2. The van der Waals surface area contributed by atoms with Gasteiger partial charge in [0, 0.05) is 28.4 Å². The highest BCUT2D eigenvalue weighted by atomic mass is 16.6. The van der Waals surface area contributed by atoms with Crippen molar-refractivity contribution >= 4 is 29.8 Å². The van der Waals surface area contributed by atoms with Crippen LogP contribution in [0.4, 0.5) is 0 Å². The van der Waals surface area contributed by atoms with Gasteiger partial charge < -0.3 is 33.5 Å². The van der Waals surface area contributed by atoms with Crippen LogP contribution >= 0.6 is 0 Å². The van der Waals surface area contributed by atoms with E-state index in [1.165, 1.54) is 27.7 Å². The molecule has 0 unspecified atom stereocenters. The first-order valence-electron chi connectivity index (χ1n) is 12.3. The first kappa shape index (κ1) is 37.0. The van der Waals surface area contributed by atoms with Crippen LogP contribution in [0.3, 0.4) is 0 Å². The molecule has 12 heteroatoms. The summed E-state index contributed by atoms with van der Waals surface area (Å²) in [6, 6.07) is 0. The third kappa shape index (κ3) is 13.7. The maximum absolute atomic E-state index is 12.2. The lowest BCUT2D eigenvalue weighted by atomic mass is 9.90. The van der Waals surface area contributed by atoms with Crippen molar-refractivity contribution in [1.82, 2.24) is 0 Å². The molecule has 0 aromatic heterocycles. The maximum atomic E-state index is 12.2. The van der Waals surface area contributed by atoms with Gasteiger partial charge >= 0.3 is 29.8 Å². The topological polar surface area (TPSA) is 161 Å². The van der Waals surface area contributed by atoms with Crippen LogP contribution in [0.1, 0.15) is 27.7 Å². The normalized spacial score (nSPS) is 11.0. The number of hydrogen-bond donors (Lipinski definition) is 1. The van der Waals surface area contributed by atoms with Crippen molar-refractivity contribution in [3.8, 4) is 0 Å². The van der Waals surface area contributed by atoms with E-state index in [2.05, 4.69) is 32.9 Å². The predicted molar refractivity (Wildman–Crippen MR) is 147 cm³/mol. The summed E-state index contributed by atoms with van der Waals surface area (Å²) in [5.74, 6) is -3.84. The van der Waals surface area contributed by atoms with Gasteiger partial charge in [0.25, 0.3) is 0 Å². The highest BCUT2D eigenvalue weighted by molar-refractivity contribution is 5.88. The summed E-state index contributed by atoms with van der Waals surface area (Å²) in [4.78, 5) is 60.3. The third-order valence-corrected chi connectivity index (χ3v) is 5.27. The van der Waals surface area contributed by atoms with Gasteiger partial charge in [-0.25, -0.2) is 24.0 Å². The summed E-state index contributed by atoms with van der Waals surface area (Å²) in [6.07, 6.45) is 0.911. The molecule has 0 aliphatic rings. The molecule has 0 saturated carbocycles. The minimum atomic E-state index is -1.46. The summed E-state index contributed by atoms with van der Waals surface area (Å²) in [7, 11) is 0. The Hall–Kier alpha value is -4.03. The standard InChI is InChI=1S/C29H40O12/c1-10-23(31)37-16-29(17-40-26(34)21(6)7,18-41-27(35)22(8)9)13-36-12-28(11-30,14-38-24(32)19(2)3)15-39-25(33)20(4)5/h10,30H,1-2,4,6,8,11-18H2,3,5,7,9H3. The van der Waals surface area contributed by atoms with E-state index in [9.17, 15) is 29.1 Å². The van der Waals surface area contributed by atoms with Crippen LogP contribution in [0, 0.1) is 10.8 Å². The lowest BCUT2D eigenvalue weighted by molar-refractivity contribution is -0.167. The Balaban J connectivity index is 6.19. The van der Waals surface area contributed by atoms with Crippen molar-refractivity contribution in [1.29, 1.82) is 0 Å². The van der Waals surface area contributed by atoms with Gasteiger partial charge in [-0.05, 0) is 27.7 Å². The molecule has 0 spiro atoms. The van der Waals surface area contributed by atoms with Crippen molar-refractivity contribution in [3.05, 3.63) is 61.3 Å². The summed E-state index contributed by atoms with van der Waals surface area (Å²) in [6.45, 7) is 19.4. The van der Waals surface area contributed by atoms with Crippen LogP contribution in [0.5, 0.6) is 0 Å². The Kier molecular flexibility index (Phi) is 15.9. The first-order chi connectivity index (χ1) is 19.0. The summed E-state index contributed by atoms with van der Waals surface area (Å²) in [5.41, 5.74) is -2.56. The maximum Gasteiger partial charge on any atom is 0.333 e. The van der Waals surface area contributed by atoms with Gasteiger partial charge in [-0.1, -0.05) is 32.9 Å². The van der Waals surface area contributed by atoms with Gasteiger partial charge in [0.1, 0.15) is 33.0 Å². The molecule has 1 N–H and O–H groups in total. The van der Waals surface area contributed by atoms with Crippen molar-refractivity contribution in [2.75, 3.05) is 52.9 Å². The molecule has 0 heterocycles. The minimum Gasteiger partial charge on any atom is -0.462 e. The minimum absolute atomic E-state index is 0.0831. The molecule has 228 valence electrons. The summed E-state index contributed by atoms with van der Waals surface area (Å²) >= 11 is 0. The zero-order valence-corrected chi connectivity index (χ0v) is 24.2. The summed E-state index contributed by atoms with van der Waals surface area (Å²) in [5, 5.41) is 10.2. The number of ether oxygens (including phenoxy) is 6. The molecular weight excluding hydrogens is 540 g/mol. The van der Waals surface area contributed by atoms with E-state index < -0.39 is 80.3 Å². The van der Waals surface area contributed by atoms with Gasteiger partial charge in [-0.15, -0.1) is 0 Å². The summed E-state index contributed by atoms with van der Waals surface area (Å²) < 4.78 is 32.0. The fraction of sp³-hybridized carbons (Fsp3) is 0.483. The molecule has 0 aromatic carbocycles. The number of esters is 5. The molecule has 0 radical (unpaired) electrons. The van der Waals surface area contributed by atoms with Gasteiger partial charge in [-0.2, -0.15) is 0 Å².